The lowest BCUT2D eigenvalue weighted by Crippen LogP contribution is -2.54. The first-order valence-electron chi connectivity index (χ1n) is 9.70. The minimum absolute atomic E-state index is 0.0989. The minimum atomic E-state index is -0.0989. The van der Waals surface area contributed by atoms with Crippen LogP contribution in [0.2, 0.25) is 0 Å². The van der Waals surface area contributed by atoms with Crippen molar-refractivity contribution >= 4 is 5.91 Å². The Balaban J connectivity index is 1.95. The summed E-state index contributed by atoms with van der Waals surface area (Å²) in [4.78, 5) is 15.0. The van der Waals surface area contributed by atoms with Crippen LogP contribution in [0.4, 0.5) is 0 Å². The fourth-order valence-corrected chi connectivity index (χ4v) is 4.09. The first-order valence-corrected chi connectivity index (χ1v) is 9.70. The molecule has 0 radical (unpaired) electrons. The van der Waals surface area contributed by atoms with E-state index in [9.17, 15) is 9.90 Å². The van der Waals surface area contributed by atoms with E-state index in [2.05, 4.69) is 33.0 Å². The number of nitrogens with zero attached hydrogens (tertiary/aromatic N) is 1. The maximum atomic E-state index is 13.0. The fraction of sp³-hybridized carbons (Fsp3) is 0.947. The Morgan fingerprint density at radius 2 is 1.79 bits per heavy atom. The van der Waals surface area contributed by atoms with Crippen molar-refractivity contribution in [3.8, 4) is 0 Å². The second-order valence-electron chi connectivity index (χ2n) is 8.23. The summed E-state index contributed by atoms with van der Waals surface area (Å²) in [6, 6.07) is 0.254. The number of likely N-dealkylation sites (tertiary alicyclic amines) is 1. The third kappa shape index (κ3) is 5.71. The van der Waals surface area contributed by atoms with Gasteiger partial charge in [-0.1, -0.05) is 13.8 Å². The average Bonchev–Trinajstić information content (AvgIpc) is 2.52. The van der Waals surface area contributed by atoms with Gasteiger partial charge in [0.2, 0.25) is 5.91 Å². The molecule has 2 rings (SSSR count). The number of rotatable bonds is 6. The van der Waals surface area contributed by atoms with Gasteiger partial charge >= 0.3 is 0 Å². The van der Waals surface area contributed by atoms with Gasteiger partial charge in [-0.25, -0.2) is 0 Å². The highest BCUT2D eigenvalue weighted by Crippen LogP contribution is 2.22. The van der Waals surface area contributed by atoms with E-state index in [1.165, 1.54) is 0 Å². The van der Waals surface area contributed by atoms with Crippen LogP contribution in [0.3, 0.4) is 0 Å². The standard InChI is InChI=1S/C19H36N2O3/c1-13(2)9-18(20-17-10-14(3)24-15(4)11-17)19(23)21-7-5-16(12-22)6-8-21/h13-18,20,22H,5-12H2,1-4H3. The van der Waals surface area contributed by atoms with Crippen molar-refractivity contribution in [1.82, 2.24) is 10.2 Å². The topological polar surface area (TPSA) is 61.8 Å². The number of piperidine rings is 1. The van der Waals surface area contributed by atoms with Crippen LogP contribution in [-0.4, -0.2) is 59.9 Å². The van der Waals surface area contributed by atoms with Gasteiger partial charge < -0.3 is 20.1 Å². The molecule has 2 heterocycles. The van der Waals surface area contributed by atoms with Crippen LogP contribution in [0.25, 0.3) is 0 Å². The van der Waals surface area contributed by atoms with Crippen molar-refractivity contribution in [1.29, 1.82) is 0 Å². The average molecular weight is 341 g/mol. The van der Waals surface area contributed by atoms with Gasteiger partial charge in [-0.05, 0) is 57.8 Å². The molecule has 2 saturated heterocycles. The summed E-state index contributed by atoms with van der Waals surface area (Å²) in [6.07, 6.45) is 5.16. The maximum Gasteiger partial charge on any atom is 0.239 e. The Bertz CT molecular complexity index is 384. The van der Waals surface area contributed by atoms with Crippen molar-refractivity contribution in [2.75, 3.05) is 19.7 Å². The molecule has 3 atom stereocenters. The van der Waals surface area contributed by atoms with Gasteiger partial charge in [-0.15, -0.1) is 0 Å². The molecule has 0 saturated carbocycles. The first-order chi connectivity index (χ1) is 11.4. The molecule has 0 aromatic carbocycles. The third-order valence-corrected chi connectivity index (χ3v) is 5.32. The number of amides is 1. The summed E-state index contributed by atoms with van der Waals surface area (Å²) < 4.78 is 5.82. The van der Waals surface area contributed by atoms with Gasteiger partial charge in [0, 0.05) is 25.7 Å². The number of nitrogens with one attached hydrogen (secondary N) is 1. The van der Waals surface area contributed by atoms with Crippen LogP contribution in [-0.2, 0) is 9.53 Å². The van der Waals surface area contributed by atoms with Crippen molar-refractivity contribution in [3.63, 3.8) is 0 Å². The number of carbonyl (C=O) groups excluding carboxylic acids is 1. The van der Waals surface area contributed by atoms with Crippen LogP contribution in [0.15, 0.2) is 0 Å². The molecule has 2 N–H and O–H groups in total. The van der Waals surface area contributed by atoms with Crippen molar-refractivity contribution in [3.05, 3.63) is 0 Å². The zero-order chi connectivity index (χ0) is 17.7. The van der Waals surface area contributed by atoms with Gasteiger partial charge in [0.05, 0.1) is 18.2 Å². The Kier molecular flexibility index (Phi) is 7.51. The zero-order valence-electron chi connectivity index (χ0n) is 15.8. The summed E-state index contributed by atoms with van der Waals surface area (Å²) in [7, 11) is 0. The molecule has 5 nitrogen and oxygen atoms in total. The molecule has 2 aliphatic rings. The molecule has 0 aliphatic carbocycles. The molecule has 24 heavy (non-hydrogen) atoms. The van der Waals surface area contributed by atoms with Crippen LogP contribution in [0.5, 0.6) is 0 Å². The van der Waals surface area contributed by atoms with E-state index in [0.29, 0.717) is 17.9 Å². The Morgan fingerprint density at radius 1 is 1.21 bits per heavy atom. The summed E-state index contributed by atoms with van der Waals surface area (Å²) in [5.74, 6) is 1.09. The summed E-state index contributed by atoms with van der Waals surface area (Å²) in [5.41, 5.74) is 0. The second kappa shape index (κ2) is 9.16. The first kappa shape index (κ1) is 19.7. The molecular weight excluding hydrogens is 304 g/mol. The van der Waals surface area contributed by atoms with E-state index in [4.69, 9.17) is 4.74 Å². The highest BCUT2D eigenvalue weighted by Gasteiger charge is 2.32. The van der Waals surface area contributed by atoms with Gasteiger partial charge in [-0.3, -0.25) is 4.79 Å². The van der Waals surface area contributed by atoms with Gasteiger partial charge in [0.25, 0.3) is 0 Å². The molecule has 0 aromatic heterocycles. The summed E-state index contributed by atoms with van der Waals surface area (Å²) >= 11 is 0. The lowest BCUT2D eigenvalue weighted by atomic mass is 9.94. The summed E-state index contributed by atoms with van der Waals surface area (Å²) in [6.45, 7) is 10.4. The van der Waals surface area contributed by atoms with E-state index >= 15 is 0 Å². The lowest BCUT2D eigenvalue weighted by molar-refractivity contribution is -0.136. The number of hydrogen-bond donors (Lipinski definition) is 2. The van der Waals surface area contributed by atoms with Crippen LogP contribution in [0, 0.1) is 11.8 Å². The quantitative estimate of drug-likeness (QED) is 0.778. The molecule has 0 bridgehead atoms. The van der Waals surface area contributed by atoms with E-state index in [0.717, 1.165) is 45.2 Å². The normalized spacial score (nSPS) is 30.6. The van der Waals surface area contributed by atoms with Gasteiger partial charge in [0.1, 0.15) is 0 Å². The number of carbonyl (C=O) groups is 1. The number of hydrogen-bond acceptors (Lipinski definition) is 4. The molecule has 0 spiro atoms. The van der Waals surface area contributed by atoms with E-state index in [1.54, 1.807) is 0 Å². The predicted molar refractivity (Wildman–Crippen MR) is 95.8 cm³/mol. The van der Waals surface area contributed by atoms with Crippen LogP contribution >= 0.6 is 0 Å². The molecule has 0 aromatic rings. The molecule has 5 heteroatoms. The van der Waals surface area contributed by atoms with Crippen LogP contribution in [0.1, 0.15) is 59.8 Å². The molecule has 140 valence electrons. The second-order valence-corrected chi connectivity index (χ2v) is 8.23. The van der Waals surface area contributed by atoms with E-state index < -0.39 is 0 Å². The molecule has 2 fully saturated rings. The van der Waals surface area contributed by atoms with Crippen molar-refractivity contribution in [2.24, 2.45) is 11.8 Å². The highest BCUT2D eigenvalue weighted by atomic mass is 16.5. The number of aliphatic hydroxyl groups excluding tert-OH is 1. The smallest absolute Gasteiger partial charge is 0.239 e. The summed E-state index contributed by atoms with van der Waals surface area (Å²) in [5, 5.41) is 12.9. The SMILES string of the molecule is CC(C)CC(NC1CC(C)OC(C)C1)C(=O)N1CCC(CO)CC1. The predicted octanol–water partition coefficient (Wildman–Crippen LogP) is 2.18. The fourth-order valence-electron chi connectivity index (χ4n) is 4.09. The largest absolute Gasteiger partial charge is 0.396 e. The third-order valence-electron chi connectivity index (χ3n) is 5.32. The van der Waals surface area contributed by atoms with E-state index in [-0.39, 0.29) is 30.8 Å². The van der Waals surface area contributed by atoms with Crippen molar-refractivity contribution < 1.29 is 14.6 Å². The van der Waals surface area contributed by atoms with Gasteiger partial charge in [-0.2, -0.15) is 0 Å². The van der Waals surface area contributed by atoms with Gasteiger partial charge in [0.15, 0.2) is 0 Å². The molecular formula is C19H36N2O3. The number of aliphatic hydroxyl groups is 1. The van der Waals surface area contributed by atoms with Crippen LogP contribution < -0.4 is 5.32 Å². The molecule has 1 amide bonds. The lowest BCUT2D eigenvalue weighted by Gasteiger charge is -2.38. The Morgan fingerprint density at radius 3 is 2.29 bits per heavy atom. The molecule has 3 unspecified atom stereocenters. The Labute approximate surface area is 147 Å². The Hall–Kier alpha value is -0.650. The maximum absolute atomic E-state index is 13.0. The van der Waals surface area contributed by atoms with Crippen molar-refractivity contribution in [2.45, 2.75) is 84.1 Å². The zero-order valence-corrected chi connectivity index (χ0v) is 15.8. The number of ether oxygens (including phenoxy) is 1. The highest BCUT2D eigenvalue weighted by molar-refractivity contribution is 5.82. The molecule has 2 aliphatic heterocycles. The monoisotopic (exact) mass is 340 g/mol. The minimum Gasteiger partial charge on any atom is -0.396 e. The van der Waals surface area contributed by atoms with E-state index in [1.807, 2.05) is 4.90 Å².